The van der Waals surface area contributed by atoms with Crippen molar-refractivity contribution in [2.75, 3.05) is 5.43 Å². The second-order valence-corrected chi connectivity index (χ2v) is 7.71. The summed E-state index contributed by atoms with van der Waals surface area (Å²) in [6, 6.07) is 5.78. The molecular formula is C13H13N3O7S2. The first-order valence-electron chi connectivity index (χ1n) is 6.57. The summed E-state index contributed by atoms with van der Waals surface area (Å²) in [5.41, 5.74) is 7.82. The van der Waals surface area contributed by atoms with E-state index >= 15 is 0 Å². The number of hydrogen-bond donors (Lipinski definition) is 4. The summed E-state index contributed by atoms with van der Waals surface area (Å²) in [5.74, 6) is -0.584. The molecule has 0 radical (unpaired) electrons. The molecule has 0 aromatic heterocycles. The lowest BCUT2D eigenvalue weighted by atomic mass is 10.1. The number of rotatable bonds is 6. The van der Waals surface area contributed by atoms with Gasteiger partial charge >= 0.3 is 0 Å². The number of carbonyl (C=O) groups excluding carboxylic acids is 1. The van der Waals surface area contributed by atoms with E-state index in [4.69, 9.17) is 10.3 Å². The van der Waals surface area contributed by atoms with Gasteiger partial charge in [-0.05, 0) is 29.7 Å². The molecule has 5 N–H and O–H groups in total. The van der Waals surface area contributed by atoms with E-state index in [1.165, 1.54) is 24.4 Å². The van der Waals surface area contributed by atoms with Gasteiger partial charge in [0, 0.05) is 11.6 Å². The molecule has 12 heteroatoms. The number of hydrogen-bond acceptors (Lipinski definition) is 7. The first kappa shape index (κ1) is 18.8. The fourth-order valence-corrected chi connectivity index (χ4v) is 3.35. The molecule has 0 heterocycles. The number of benzene rings is 2. The van der Waals surface area contributed by atoms with Gasteiger partial charge in [0.1, 0.15) is 4.90 Å². The van der Waals surface area contributed by atoms with E-state index in [1.807, 2.05) is 0 Å². The summed E-state index contributed by atoms with van der Waals surface area (Å²) in [5, 5.41) is 3.87. The highest BCUT2D eigenvalue weighted by Gasteiger charge is 2.20. The molecule has 0 atom stereocenters. The molecule has 10 nitrogen and oxygen atoms in total. The first-order valence-corrected chi connectivity index (χ1v) is 9.45. The number of anilines is 1. The monoisotopic (exact) mass is 387 g/mol. The fourth-order valence-electron chi connectivity index (χ4n) is 2.00. The molecule has 2 rings (SSSR count). The molecule has 134 valence electrons. The Kier molecular flexibility index (Phi) is 5.08. The van der Waals surface area contributed by atoms with Crippen LogP contribution in [0.2, 0.25) is 0 Å². The van der Waals surface area contributed by atoms with E-state index in [1.54, 1.807) is 0 Å². The second-order valence-electron chi connectivity index (χ2n) is 4.90. The molecule has 0 saturated carbocycles. The smallest absolute Gasteiger partial charge is 0.295 e. The first-order chi connectivity index (χ1) is 11.5. The molecule has 0 saturated heterocycles. The minimum Gasteiger partial charge on any atom is -0.369 e. The average Bonchev–Trinajstić information content (AvgIpc) is 2.48. The van der Waals surface area contributed by atoms with Crippen LogP contribution in [0.3, 0.4) is 0 Å². The Morgan fingerprint density at radius 3 is 2.36 bits per heavy atom. The van der Waals surface area contributed by atoms with Gasteiger partial charge in [0.15, 0.2) is 0 Å². The van der Waals surface area contributed by atoms with Crippen molar-refractivity contribution >= 4 is 48.8 Å². The summed E-state index contributed by atoms with van der Waals surface area (Å²) in [6.07, 6.45) is 1.12. The Balaban J connectivity index is 2.57. The normalized spacial score (nSPS) is 12.6. The summed E-state index contributed by atoms with van der Waals surface area (Å²) >= 11 is 0. The molecule has 0 bridgehead atoms. The molecule has 0 fully saturated rings. The van der Waals surface area contributed by atoms with Crippen LogP contribution in [0.1, 0.15) is 6.42 Å². The maximum absolute atomic E-state index is 11.5. The fraction of sp³-hybridized carbons (Fsp3) is 0.0769. The van der Waals surface area contributed by atoms with Gasteiger partial charge in [-0.1, -0.05) is 6.07 Å². The Hall–Kier alpha value is -2.54. The Bertz CT molecular complexity index is 1080. The number of carbonyl (C=O) groups is 1. The highest BCUT2D eigenvalue weighted by atomic mass is 32.2. The van der Waals surface area contributed by atoms with Crippen molar-refractivity contribution in [1.29, 1.82) is 0 Å². The van der Waals surface area contributed by atoms with Crippen LogP contribution >= 0.6 is 0 Å². The molecule has 1 amide bonds. The number of nitrogens with two attached hydrogens (primary N) is 1. The highest BCUT2D eigenvalue weighted by molar-refractivity contribution is 7.86. The molecule has 0 aliphatic heterocycles. The van der Waals surface area contributed by atoms with Crippen molar-refractivity contribution in [3.8, 4) is 0 Å². The topological polar surface area (TPSA) is 176 Å². The minimum absolute atomic E-state index is 0.0431. The maximum Gasteiger partial charge on any atom is 0.295 e. The van der Waals surface area contributed by atoms with Crippen LogP contribution in [0, 0.1) is 0 Å². The van der Waals surface area contributed by atoms with Crippen LogP contribution in [0.15, 0.2) is 45.2 Å². The lowest BCUT2D eigenvalue weighted by Crippen LogP contribution is -2.10. The molecule has 25 heavy (non-hydrogen) atoms. The lowest BCUT2D eigenvalue weighted by Gasteiger charge is -2.08. The van der Waals surface area contributed by atoms with Crippen molar-refractivity contribution in [2.24, 2.45) is 10.8 Å². The number of nitrogens with zero attached hydrogens (tertiary/aromatic N) is 1. The van der Waals surface area contributed by atoms with Crippen LogP contribution < -0.4 is 11.2 Å². The predicted octanol–water partition coefficient (Wildman–Crippen LogP) is 0.606. The number of primary amides is 1. The maximum atomic E-state index is 11.5. The lowest BCUT2D eigenvalue weighted by molar-refractivity contribution is -0.116. The molecular weight excluding hydrogens is 374 g/mol. The van der Waals surface area contributed by atoms with Gasteiger partial charge in [0.05, 0.1) is 17.0 Å². The van der Waals surface area contributed by atoms with Crippen molar-refractivity contribution in [1.82, 2.24) is 0 Å². The third-order valence-electron chi connectivity index (χ3n) is 3.04. The summed E-state index contributed by atoms with van der Waals surface area (Å²) in [7, 11) is -9.43. The van der Waals surface area contributed by atoms with Crippen molar-refractivity contribution in [3.63, 3.8) is 0 Å². The highest BCUT2D eigenvalue weighted by Crippen LogP contribution is 2.29. The van der Waals surface area contributed by atoms with Gasteiger partial charge in [-0.2, -0.15) is 21.9 Å². The number of nitrogens with one attached hydrogen (secondary N) is 1. The minimum atomic E-state index is -4.73. The predicted molar refractivity (Wildman–Crippen MR) is 89.5 cm³/mol. The zero-order chi connectivity index (χ0) is 18.8. The number of fused-ring (bicyclic) bond motifs is 1. The zero-order valence-corrected chi connectivity index (χ0v) is 14.1. The van der Waals surface area contributed by atoms with Gasteiger partial charge in [-0.25, -0.2) is 0 Å². The quantitative estimate of drug-likeness (QED) is 0.316. The molecule has 0 spiro atoms. The van der Waals surface area contributed by atoms with Crippen LogP contribution in [-0.4, -0.2) is 38.1 Å². The van der Waals surface area contributed by atoms with Gasteiger partial charge < -0.3 is 5.73 Å². The summed E-state index contributed by atoms with van der Waals surface area (Å²) < 4.78 is 64.0. The van der Waals surface area contributed by atoms with Crippen molar-refractivity contribution in [2.45, 2.75) is 16.2 Å². The second kappa shape index (κ2) is 6.76. The van der Waals surface area contributed by atoms with Crippen molar-refractivity contribution in [3.05, 3.63) is 30.3 Å². The SMILES string of the molecule is NC(=O)C/C=N/Nc1ccc2c(S(=O)(=O)O)cc(S(=O)(=O)O)cc2c1. The molecule has 2 aromatic rings. The Labute approximate surface area is 142 Å². The van der Waals surface area contributed by atoms with Crippen molar-refractivity contribution < 1.29 is 30.7 Å². The standard InChI is InChI=1S/C13H13N3O7S2/c14-13(17)3-4-15-16-9-1-2-11-8(5-9)6-10(24(18,19)20)7-12(11)25(21,22)23/h1-2,4-7,16H,3H2,(H2,14,17)(H,18,19,20)(H,21,22,23)/b15-4+. The third kappa shape index (κ3) is 4.73. The van der Waals surface area contributed by atoms with Crippen LogP contribution in [0.4, 0.5) is 5.69 Å². The van der Waals surface area contributed by atoms with E-state index in [0.29, 0.717) is 11.8 Å². The van der Waals surface area contributed by atoms with Gasteiger partial charge in [0.2, 0.25) is 5.91 Å². The molecule has 0 aliphatic rings. The molecule has 0 unspecified atom stereocenters. The third-order valence-corrected chi connectivity index (χ3v) is 4.77. The van der Waals surface area contributed by atoms with Gasteiger partial charge in [-0.15, -0.1) is 0 Å². The summed E-state index contributed by atoms with van der Waals surface area (Å²) in [4.78, 5) is 9.23. The Morgan fingerprint density at radius 1 is 1.12 bits per heavy atom. The molecule has 0 aliphatic carbocycles. The van der Waals surface area contributed by atoms with Crippen LogP contribution in [-0.2, 0) is 25.0 Å². The van der Waals surface area contributed by atoms with Crippen LogP contribution in [0.25, 0.3) is 10.8 Å². The largest absolute Gasteiger partial charge is 0.369 e. The number of amides is 1. The summed E-state index contributed by atoms with van der Waals surface area (Å²) in [6.45, 7) is 0. The van der Waals surface area contributed by atoms with E-state index in [-0.39, 0.29) is 17.2 Å². The van der Waals surface area contributed by atoms with Crippen LogP contribution in [0.5, 0.6) is 0 Å². The average molecular weight is 387 g/mol. The number of hydrazone groups is 1. The van der Waals surface area contributed by atoms with Gasteiger partial charge in [0.25, 0.3) is 20.2 Å². The molecule has 2 aromatic carbocycles. The van der Waals surface area contributed by atoms with Gasteiger partial charge in [-0.3, -0.25) is 19.3 Å². The zero-order valence-electron chi connectivity index (χ0n) is 12.4. The van der Waals surface area contributed by atoms with E-state index < -0.39 is 35.9 Å². The van der Waals surface area contributed by atoms with E-state index in [0.717, 1.165) is 6.07 Å². The van der Waals surface area contributed by atoms with E-state index in [2.05, 4.69) is 10.5 Å². The van der Waals surface area contributed by atoms with E-state index in [9.17, 15) is 26.2 Å². The Morgan fingerprint density at radius 2 is 1.80 bits per heavy atom.